The molecule has 0 amide bonds. The summed E-state index contributed by atoms with van der Waals surface area (Å²) in [4.78, 5) is 24.2. The molecule has 0 N–H and O–H groups in total. The Kier molecular flexibility index (Phi) is 2.02. The van der Waals surface area contributed by atoms with Crippen molar-refractivity contribution in [2.24, 2.45) is 0 Å². The maximum Gasteiger partial charge on any atom is 0.254 e. The Hall–Kier alpha value is -2.04. The lowest BCUT2D eigenvalue weighted by Crippen LogP contribution is -2.20. The molecule has 5 nitrogen and oxygen atoms in total. The maximum atomic E-state index is 11.8. The van der Waals surface area contributed by atoms with E-state index in [0.717, 1.165) is 25.2 Å². The van der Waals surface area contributed by atoms with Crippen molar-refractivity contribution in [3.63, 3.8) is 0 Å². The summed E-state index contributed by atoms with van der Waals surface area (Å²) in [6.45, 7) is 0.783. The highest BCUT2D eigenvalue weighted by Gasteiger charge is 2.15. The first-order chi connectivity index (χ1) is 7.84. The van der Waals surface area contributed by atoms with E-state index in [4.69, 9.17) is 0 Å². The smallest absolute Gasteiger partial charge is 0.254 e. The van der Waals surface area contributed by atoms with Crippen LogP contribution in [-0.4, -0.2) is 19.5 Å². The Morgan fingerprint density at radius 3 is 3.06 bits per heavy atom. The lowest BCUT2D eigenvalue weighted by molar-refractivity contribution is 0.712. The van der Waals surface area contributed by atoms with Crippen LogP contribution in [0, 0.1) is 0 Å². The predicted octanol–water partition coefficient (Wildman–Crippen LogP) is 0.646. The second-order valence-corrected chi connectivity index (χ2v) is 3.75. The van der Waals surface area contributed by atoms with Gasteiger partial charge in [-0.15, -0.1) is 0 Å². The molecule has 3 rings (SSSR count). The van der Waals surface area contributed by atoms with E-state index in [2.05, 4.69) is 15.0 Å². The minimum atomic E-state index is 0.0103. The highest BCUT2D eigenvalue weighted by atomic mass is 16.1. The summed E-state index contributed by atoms with van der Waals surface area (Å²) < 4.78 is 1.73. The van der Waals surface area contributed by atoms with E-state index in [1.165, 1.54) is 12.4 Å². The second-order valence-electron chi connectivity index (χ2n) is 3.75. The van der Waals surface area contributed by atoms with Gasteiger partial charge in [0.05, 0.1) is 11.4 Å². The van der Waals surface area contributed by atoms with E-state index in [1.807, 2.05) is 0 Å². The van der Waals surface area contributed by atoms with Crippen LogP contribution in [0.15, 0.2) is 29.5 Å². The summed E-state index contributed by atoms with van der Waals surface area (Å²) in [5, 5.41) is 0. The van der Waals surface area contributed by atoms with E-state index in [9.17, 15) is 4.79 Å². The average Bonchev–Trinajstić information content (AvgIpc) is 2.79. The molecule has 5 heteroatoms. The van der Waals surface area contributed by atoms with E-state index in [-0.39, 0.29) is 5.56 Å². The highest BCUT2D eigenvalue weighted by molar-refractivity contribution is 5.52. The predicted molar refractivity (Wildman–Crippen MR) is 57.8 cm³/mol. The van der Waals surface area contributed by atoms with Crippen LogP contribution in [0.25, 0.3) is 11.4 Å². The standard InChI is InChI=1S/C11H10N4O/c16-11-6-9(8-3-4-12-7-13-8)14-10-2-1-5-15(10)11/h3-4,6-7H,1-2,5H2. The van der Waals surface area contributed by atoms with Crippen LogP contribution in [0.4, 0.5) is 0 Å². The molecule has 16 heavy (non-hydrogen) atoms. The number of nitrogens with zero attached hydrogens (tertiary/aromatic N) is 4. The van der Waals surface area contributed by atoms with Crippen LogP contribution in [0.5, 0.6) is 0 Å². The fourth-order valence-corrected chi connectivity index (χ4v) is 1.95. The first-order valence-corrected chi connectivity index (χ1v) is 5.22. The van der Waals surface area contributed by atoms with Crippen LogP contribution < -0.4 is 5.56 Å². The molecule has 3 heterocycles. The zero-order chi connectivity index (χ0) is 11.0. The Morgan fingerprint density at radius 2 is 2.25 bits per heavy atom. The summed E-state index contributed by atoms with van der Waals surface area (Å²) in [6.07, 6.45) is 4.97. The lowest BCUT2D eigenvalue weighted by atomic mass is 10.3. The molecular formula is C11H10N4O. The first-order valence-electron chi connectivity index (χ1n) is 5.22. The molecule has 0 fully saturated rings. The van der Waals surface area contributed by atoms with Gasteiger partial charge in [-0.3, -0.25) is 9.36 Å². The van der Waals surface area contributed by atoms with E-state index >= 15 is 0 Å². The minimum absolute atomic E-state index is 0.0103. The van der Waals surface area contributed by atoms with Crippen LogP contribution in [-0.2, 0) is 13.0 Å². The zero-order valence-corrected chi connectivity index (χ0v) is 8.63. The third-order valence-corrected chi connectivity index (χ3v) is 2.71. The Labute approximate surface area is 91.8 Å². The van der Waals surface area contributed by atoms with Crippen molar-refractivity contribution >= 4 is 0 Å². The first kappa shape index (κ1) is 9.21. The summed E-state index contributed by atoms with van der Waals surface area (Å²) >= 11 is 0. The van der Waals surface area contributed by atoms with Gasteiger partial charge in [0, 0.05) is 25.2 Å². The molecule has 2 aromatic rings. The molecule has 0 bridgehead atoms. The van der Waals surface area contributed by atoms with Crippen molar-refractivity contribution in [1.82, 2.24) is 19.5 Å². The normalized spacial score (nSPS) is 13.8. The van der Waals surface area contributed by atoms with Gasteiger partial charge < -0.3 is 0 Å². The van der Waals surface area contributed by atoms with Crippen LogP contribution in [0.2, 0.25) is 0 Å². The summed E-state index contributed by atoms with van der Waals surface area (Å²) in [7, 11) is 0. The van der Waals surface area contributed by atoms with E-state index in [0.29, 0.717) is 11.4 Å². The lowest BCUT2D eigenvalue weighted by Gasteiger charge is -2.04. The van der Waals surface area contributed by atoms with Crippen LogP contribution in [0.1, 0.15) is 12.2 Å². The number of hydrogen-bond donors (Lipinski definition) is 0. The largest absolute Gasteiger partial charge is 0.297 e. The molecule has 0 saturated heterocycles. The number of hydrogen-bond acceptors (Lipinski definition) is 4. The molecule has 1 aliphatic rings. The fourth-order valence-electron chi connectivity index (χ4n) is 1.95. The average molecular weight is 214 g/mol. The number of fused-ring (bicyclic) bond motifs is 1. The van der Waals surface area contributed by atoms with Crippen LogP contribution >= 0.6 is 0 Å². The molecule has 80 valence electrons. The van der Waals surface area contributed by atoms with Gasteiger partial charge in [0.1, 0.15) is 12.2 Å². The number of aryl methyl sites for hydroxylation is 1. The molecular weight excluding hydrogens is 204 g/mol. The van der Waals surface area contributed by atoms with Gasteiger partial charge in [-0.05, 0) is 12.5 Å². The Balaban J connectivity index is 2.17. The van der Waals surface area contributed by atoms with Gasteiger partial charge >= 0.3 is 0 Å². The molecule has 2 aromatic heterocycles. The quantitative estimate of drug-likeness (QED) is 0.699. The molecule has 1 aliphatic heterocycles. The van der Waals surface area contributed by atoms with Crippen molar-refractivity contribution in [2.45, 2.75) is 19.4 Å². The molecule has 0 aliphatic carbocycles. The molecule has 0 spiro atoms. The number of aromatic nitrogens is 4. The monoisotopic (exact) mass is 214 g/mol. The van der Waals surface area contributed by atoms with Gasteiger partial charge in [-0.1, -0.05) is 0 Å². The molecule has 0 radical (unpaired) electrons. The molecule has 0 saturated carbocycles. The minimum Gasteiger partial charge on any atom is -0.297 e. The van der Waals surface area contributed by atoms with Crippen LogP contribution in [0.3, 0.4) is 0 Å². The third kappa shape index (κ3) is 1.41. The summed E-state index contributed by atoms with van der Waals surface area (Å²) in [5.74, 6) is 0.862. The van der Waals surface area contributed by atoms with E-state index < -0.39 is 0 Å². The van der Waals surface area contributed by atoms with Crippen molar-refractivity contribution in [3.05, 3.63) is 40.8 Å². The molecule has 0 unspecified atom stereocenters. The third-order valence-electron chi connectivity index (χ3n) is 2.71. The zero-order valence-electron chi connectivity index (χ0n) is 8.63. The molecule has 0 atom stereocenters. The van der Waals surface area contributed by atoms with Crippen molar-refractivity contribution < 1.29 is 0 Å². The van der Waals surface area contributed by atoms with Crippen molar-refractivity contribution in [1.29, 1.82) is 0 Å². The Bertz CT molecular complexity index is 576. The summed E-state index contributed by atoms with van der Waals surface area (Å²) in [5.41, 5.74) is 1.35. The summed E-state index contributed by atoms with van der Waals surface area (Å²) in [6, 6.07) is 3.30. The Morgan fingerprint density at radius 1 is 1.31 bits per heavy atom. The van der Waals surface area contributed by atoms with E-state index in [1.54, 1.807) is 16.8 Å². The topological polar surface area (TPSA) is 60.7 Å². The fraction of sp³-hybridized carbons (Fsp3) is 0.273. The van der Waals surface area contributed by atoms with Crippen molar-refractivity contribution in [2.75, 3.05) is 0 Å². The van der Waals surface area contributed by atoms with Crippen molar-refractivity contribution in [3.8, 4) is 11.4 Å². The maximum absolute atomic E-state index is 11.8. The highest BCUT2D eigenvalue weighted by Crippen LogP contribution is 2.15. The van der Waals surface area contributed by atoms with Gasteiger partial charge in [0.2, 0.25) is 0 Å². The second kappa shape index (κ2) is 3.52. The van der Waals surface area contributed by atoms with Gasteiger partial charge in [0.15, 0.2) is 0 Å². The van der Waals surface area contributed by atoms with Gasteiger partial charge in [0.25, 0.3) is 5.56 Å². The SMILES string of the molecule is O=c1cc(-c2ccncn2)nc2n1CCC2. The van der Waals surface area contributed by atoms with Gasteiger partial charge in [-0.25, -0.2) is 15.0 Å². The molecule has 0 aromatic carbocycles. The van der Waals surface area contributed by atoms with Gasteiger partial charge in [-0.2, -0.15) is 0 Å². The number of rotatable bonds is 1.